The van der Waals surface area contributed by atoms with Crippen molar-refractivity contribution in [3.63, 3.8) is 0 Å². The summed E-state index contributed by atoms with van der Waals surface area (Å²) in [7, 11) is 0. The van der Waals surface area contributed by atoms with Crippen LogP contribution >= 0.6 is 0 Å². The first kappa shape index (κ1) is 15.7. The number of ketones is 1. The van der Waals surface area contributed by atoms with Gasteiger partial charge in [0.25, 0.3) is 0 Å². The van der Waals surface area contributed by atoms with Gasteiger partial charge in [-0.2, -0.15) is 0 Å². The predicted molar refractivity (Wildman–Crippen MR) is 69.1 cm³/mol. The summed E-state index contributed by atoms with van der Waals surface area (Å²) in [5.74, 6) is -2.48. The molecule has 0 amide bonds. The van der Waals surface area contributed by atoms with Gasteiger partial charge < -0.3 is 10.0 Å². The van der Waals surface area contributed by atoms with E-state index in [4.69, 9.17) is 5.11 Å². The third kappa shape index (κ3) is 4.69. The van der Waals surface area contributed by atoms with Crippen LogP contribution < -0.4 is 0 Å². The van der Waals surface area contributed by atoms with Crippen molar-refractivity contribution in [3.05, 3.63) is 35.4 Å². The highest BCUT2D eigenvalue weighted by atomic mass is 19.2. The van der Waals surface area contributed by atoms with E-state index in [2.05, 4.69) is 0 Å². The van der Waals surface area contributed by atoms with E-state index in [1.54, 1.807) is 0 Å². The Balaban J connectivity index is 2.57. The van der Waals surface area contributed by atoms with E-state index in [1.807, 2.05) is 11.8 Å². The van der Waals surface area contributed by atoms with E-state index in [1.165, 1.54) is 12.1 Å². The minimum Gasteiger partial charge on any atom is -0.396 e. The lowest BCUT2D eigenvalue weighted by Crippen LogP contribution is -2.28. The summed E-state index contributed by atoms with van der Waals surface area (Å²) in [5, 5.41) is 8.75. The summed E-state index contributed by atoms with van der Waals surface area (Å²) in [6.07, 6.45) is 0.774. The quantitative estimate of drug-likeness (QED) is 0.737. The molecule has 0 radical (unpaired) electrons. The van der Waals surface area contributed by atoms with Crippen molar-refractivity contribution in [2.24, 2.45) is 0 Å². The Morgan fingerprint density at radius 3 is 2.68 bits per heavy atom. The highest BCUT2D eigenvalue weighted by Gasteiger charge is 2.15. The van der Waals surface area contributed by atoms with Crippen LogP contribution in [0.15, 0.2) is 18.2 Å². The van der Waals surface area contributed by atoms with Crippen molar-refractivity contribution >= 4 is 5.78 Å². The molecule has 0 bridgehead atoms. The fraction of sp³-hybridized carbons (Fsp3) is 0.500. The van der Waals surface area contributed by atoms with Crippen LogP contribution in [0.3, 0.4) is 0 Å². The van der Waals surface area contributed by atoms with E-state index in [0.717, 1.165) is 12.6 Å². The lowest BCUT2D eigenvalue weighted by molar-refractivity contribution is 0.0959. The molecule has 106 valence electrons. The Labute approximate surface area is 111 Å². The molecule has 1 aromatic rings. The van der Waals surface area contributed by atoms with Crippen LogP contribution in [0.25, 0.3) is 0 Å². The maximum atomic E-state index is 13.4. The second kappa shape index (κ2) is 7.96. The van der Waals surface area contributed by atoms with Gasteiger partial charge in [0.1, 0.15) is 0 Å². The molecule has 1 N–H and O–H groups in total. The first-order chi connectivity index (χ1) is 9.10. The van der Waals surface area contributed by atoms with E-state index < -0.39 is 17.4 Å². The van der Waals surface area contributed by atoms with Gasteiger partial charge in [-0.1, -0.05) is 13.0 Å². The Morgan fingerprint density at radius 1 is 1.32 bits per heavy atom. The molecule has 3 nitrogen and oxygen atoms in total. The van der Waals surface area contributed by atoms with E-state index in [-0.39, 0.29) is 18.6 Å². The normalized spacial score (nSPS) is 11.0. The fourth-order valence-electron chi connectivity index (χ4n) is 1.84. The molecule has 0 heterocycles. The van der Waals surface area contributed by atoms with Crippen LogP contribution in [-0.2, 0) is 0 Å². The molecular weight excluding hydrogens is 252 g/mol. The Bertz CT molecular complexity index is 424. The predicted octanol–water partition coefficient (Wildman–Crippen LogP) is 2.24. The summed E-state index contributed by atoms with van der Waals surface area (Å²) in [6, 6.07) is 3.62. The third-order valence-electron chi connectivity index (χ3n) is 2.99. The van der Waals surface area contributed by atoms with Gasteiger partial charge >= 0.3 is 0 Å². The zero-order valence-corrected chi connectivity index (χ0v) is 11.0. The van der Waals surface area contributed by atoms with E-state index in [0.29, 0.717) is 19.5 Å². The van der Waals surface area contributed by atoms with E-state index in [9.17, 15) is 13.6 Å². The van der Waals surface area contributed by atoms with E-state index >= 15 is 0 Å². The fourth-order valence-corrected chi connectivity index (χ4v) is 1.84. The number of hydrogen-bond donors (Lipinski definition) is 1. The molecule has 5 heteroatoms. The molecule has 0 aromatic heterocycles. The summed E-state index contributed by atoms with van der Waals surface area (Å²) in [5.41, 5.74) is -0.196. The highest BCUT2D eigenvalue weighted by Crippen LogP contribution is 2.13. The Hall–Kier alpha value is -1.33. The standard InChI is InChI=1S/C14H19F2NO2/c1-2-17(8-4-10-18)9-7-13(19)11-5-3-6-12(15)14(11)16/h3,5-6,18H,2,4,7-10H2,1H3. The lowest BCUT2D eigenvalue weighted by atomic mass is 10.1. The zero-order valence-electron chi connectivity index (χ0n) is 11.0. The minimum atomic E-state index is -1.08. The summed E-state index contributed by atoms with van der Waals surface area (Å²) >= 11 is 0. The maximum Gasteiger partial charge on any atom is 0.169 e. The Kier molecular flexibility index (Phi) is 6.59. The molecule has 1 rings (SSSR count). The van der Waals surface area contributed by atoms with Crippen LogP contribution in [0.2, 0.25) is 0 Å². The first-order valence-electron chi connectivity index (χ1n) is 6.40. The molecule has 0 saturated carbocycles. The smallest absolute Gasteiger partial charge is 0.169 e. The zero-order chi connectivity index (χ0) is 14.3. The number of carbonyl (C=O) groups is 1. The summed E-state index contributed by atoms with van der Waals surface area (Å²) in [4.78, 5) is 13.8. The molecule has 0 aliphatic rings. The Morgan fingerprint density at radius 2 is 2.05 bits per heavy atom. The van der Waals surface area contributed by atoms with Crippen molar-refractivity contribution in [1.29, 1.82) is 0 Å². The van der Waals surface area contributed by atoms with Gasteiger partial charge in [0.2, 0.25) is 0 Å². The minimum absolute atomic E-state index is 0.100. The topological polar surface area (TPSA) is 40.5 Å². The molecule has 1 aromatic carbocycles. The molecule has 0 aliphatic carbocycles. The highest BCUT2D eigenvalue weighted by molar-refractivity contribution is 5.96. The van der Waals surface area contributed by atoms with Crippen LogP contribution in [-0.4, -0.2) is 42.0 Å². The first-order valence-corrected chi connectivity index (χ1v) is 6.40. The van der Waals surface area contributed by atoms with Crippen molar-refractivity contribution in [3.8, 4) is 0 Å². The molecule has 0 unspecified atom stereocenters. The van der Waals surface area contributed by atoms with Crippen molar-refractivity contribution in [1.82, 2.24) is 4.90 Å². The molecular formula is C14H19F2NO2. The second-order valence-corrected chi connectivity index (χ2v) is 4.29. The van der Waals surface area contributed by atoms with Crippen LogP contribution in [0.4, 0.5) is 8.78 Å². The van der Waals surface area contributed by atoms with Gasteiger partial charge in [0, 0.05) is 26.1 Å². The molecule has 0 aliphatic heterocycles. The number of Topliss-reactive ketones (excluding diaryl/α,β-unsaturated/α-hetero) is 1. The summed E-state index contributed by atoms with van der Waals surface area (Å²) < 4.78 is 26.4. The largest absolute Gasteiger partial charge is 0.396 e. The van der Waals surface area contributed by atoms with Crippen LogP contribution in [0.5, 0.6) is 0 Å². The lowest BCUT2D eigenvalue weighted by Gasteiger charge is -2.19. The number of rotatable bonds is 8. The number of benzene rings is 1. The third-order valence-corrected chi connectivity index (χ3v) is 2.99. The number of aliphatic hydroxyl groups excluding tert-OH is 1. The number of halogens is 2. The monoisotopic (exact) mass is 271 g/mol. The van der Waals surface area contributed by atoms with Gasteiger partial charge in [-0.3, -0.25) is 4.79 Å². The van der Waals surface area contributed by atoms with Gasteiger partial charge in [-0.05, 0) is 25.1 Å². The van der Waals surface area contributed by atoms with Crippen molar-refractivity contribution < 1.29 is 18.7 Å². The number of hydrogen-bond acceptors (Lipinski definition) is 3. The average molecular weight is 271 g/mol. The van der Waals surface area contributed by atoms with Crippen molar-refractivity contribution in [2.45, 2.75) is 19.8 Å². The molecule has 19 heavy (non-hydrogen) atoms. The summed E-state index contributed by atoms with van der Waals surface area (Å²) in [6.45, 7) is 3.96. The van der Waals surface area contributed by atoms with Gasteiger partial charge in [0.05, 0.1) is 5.56 Å². The number of carbonyl (C=O) groups excluding carboxylic acids is 1. The number of aliphatic hydroxyl groups is 1. The molecule has 0 fully saturated rings. The van der Waals surface area contributed by atoms with Crippen LogP contribution in [0.1, 0.15) is 30.1 Å². The maximum absolute atomic E-state index is 13.4. The van der Waals surface area contributed by atoms with Gasteiger partial charge in [-0.25, -0.2) is 8.78 Å². The van der Waals surface area contributed by atoms with Gasteiger partial charge in [-0.15, -0.1) is 0 Å². The SMILES string of the molecule is CCN(CCCO)CCC(=O)c1cccc(F)c1F. The van der Waals surface area contributed by atoms with Crippen LogP contribution in [0, 0.1) is 11.6 Å². The average Bonchev–Trinajstić information content (AvgIpc) is 2.42. The molecule has 0 saturated heterocycles. The van der Waals surface area contributed by atoms with Crippen molar-refractivity contribution in [2.75, 3.05) is 26.2 Å². The number of nitrogens with zero attached hydrogens (tertiary/aromatic N) is 1. The van der Waals surface area contributed by atoms with Gasteiger partial charge in [0.15, 0.2) is 17.4 Å². The molecule has 0 spiro atoms. The second-order valence-electron chi connectivity index (χ2n) is 4.29. The molecule has 0 atom stereocenters.